The lowest BCUT2D eigenvalue weighted by Crippen LogP contribution is -2.13. The Kier molecular flexibility index (Phi) is 7.14. The molecular weight excluding hydrogens is 592 g/mol. The minimum Gasteiger partial charge on any atom is -0.453 e. The summed E-state index contributed by atoms with van der Waals surface area (Å²) in [7, 11) is 0. The van der Waals surface area contributed by atoms with Gasteiger partial charge in [0.2, 0.25) is 0 Å². The fraction of sp³-hybridized carbons (Fsp3) is 0. The van der Waals surface area contributed by atoms with Gasteiger partial charge in [0.15, 0.2) is 5.75 Å². The summed E-state index contributed by atoms with van der Waals surface area (Å²) in [6, 6.07) is 56.4. The van der Waals surface area contributed by atoms with Gasteiger partial charge >= 0.3 is 0 Å². The summed E-state index contributed by atoms with van der Waals surface area (Å²) in [5.41, 5.74) is 6.08. The first-order valence-corrected chi connectivity index (χ1v) is 16.0. The topological polar surface area (TPSA) is 15.7 Å². The lowest BCUT2D eigenvalue weighted by molar-refractivity contribution is 0.457. The summed E-state index contributed by atoms with van der Waals surface area (Å²) >= 11 is 8.76. The molecule has 216 valence electrons. The van der Waals surface area contributed by atoms with Crippen molar-refractivity contribution in [3.05, 3.63) is 169 Å². The van der Waals surface area contributed by atoms with Gasteiger partial charge in [-0.2, -0.15) is 0 Å². The number of fused-ring (bicyclic) bond motifs is 3. The average Bonchev–Trinajstić information content (AvgIpc) is 3.10. The molecule has 0 aromatic heterocycles. The highest BCUT2D eigenvalue weighted by molar-refractivity contribution is 7.99. The van der Waals surface area contributed by atoms with E-state index in [2.05, 4.69) is 119 Å². The maximum Gasteiger partial charge on any atom is 0.166 e. The molecule has 8 rings (SSSR count). The van der Waals surface area contributed by atoms with Crippen molar-refractivity contribution in [2.75, 3.05) is 9.80 Å². The number of nitrogens with zero attached hydrogens (tertiary/aromatic N) is 2. The first-order valence-electron chi connectivity index (χ1n) is 14.8. The molecule has 0 saturated heterocycles. The molecule has 45 heavy (non-hydrogen) atoms. The molecule has 0 radical (unpaired) electrons. The Labute approximate surface area is 271 Å². The molecule has 7 aromatic carbocycles. The second-order valence-corrected chi connectivity index (χ2v) is 12.2. The summed E-state index contributed by atoms with van der Waals surface area (Å²) in [4.78, 5) is 6.42. The Hall–Kier alpha value is -5.16. The molecule has 1 aliphatic rings. The molecule has 0 saturated carbocycles. The first-order chi connectivity index (χ1) is 22.2. The SMILES string of the molecule is Clc1cc(N(c2ccccc2)c2ccccc2)cc2c1Sc1cc3ccccc3c(N(c3ccccc3)c3ccccc3)c1O2. The van der Waals surface area contributed by atoms with Gasteiger partial charge in [0, 0.05) is 34.2 Å². The van der Waals surface area contributed by atoms with Crippen molar-refractivity contribution < 1.29 is 4.74 Å². The van der Waals surface area contributed by atoms with E-state index < -0.39 is 0 Å². The number of benzene rings is 7. The van der Waals surface area contributed by atoms with Gasteiger partial charge in [-0.15, -0.1) is 0 Å². The fourth-order valence-electron chi connectivity index (χ4n) is 5.92. The number of ether oxygens (including phenoxy) is 1. The Morgan fingerprint density at radius 3 is 1.53 bits per heavy atom. The lowest BCUT2D eigenvalue weighted by Gasteiger charge is -2.32. The predicted molar refractivity (Wildman–Crippen MR) is 189 cm³/mol. The van der Waals surface area contributed by atoms with Crippen LogP contribution in [-0.2, 0) is 0 Å². The molecule has 0 bridgehead atoms. The van der Waals surface area contributed by atoms with E-state index in [-0.39, 0.29) is 0 Å². The van der Waals surface area contributed by atoms with Crippen LogP contribution in [0.25, 0.3) is 10.8 Å². The Morgan fingerprint density at radius 2 is 0.978 bits per heavy atom. The third-order valence-corrected chi connectivity index (χ3v) is 9.46. The van der Waals surface area contributed by atoms with Crippen molar-refractivity contribution in [3.63, 3.8) is 0 Å². The number of hydrogen-bond acceptors (Lipinski definition) is 4. The highest BCUT2D eigenvalue weighted by Gasteiger charge is 2.30. The van der Waals surface area contributed by atoms with E-state index >= 15 is 0 Å². The number of para-hydroxylation sites is 4. The summed E-state index contributed by atoms with van der Waals surface area (Å²) in [6.07, 6.45) is 0. The van der Waals surface area contributed by atoms with Gasteiger partial charge in [0.25, 0.3) is 0 Å². The van der Waals surface area contributed by atoms with Gasteiger partial charge in [0.05, 0.1) is 26.2 Å². The van der Waals surface area contributed by atoms with Crippen LogP contribution in [0, 0.1) is 0 Å². The molecule has 0 spiro atoms. The smallest absolute Gasteiger partial charge is 0.166 e. The van der Waals surface area contributed by atoms with Crippen LogP contribution in [0.5, 0.6) is 11.5 Å². The van der Waals surface area contributed by atoms with E-state index in [1.807, 2.05) is 54.6 Å². The molecule has 5 heteroatoms. The van der Waals surface area contributed by atoms with Crippen LogP contribution < -0.4 is 14.5 Å². The molecular formula is C40H27ClN2OS. The standard InChI is InChI=1S/C40H27ClN2OS/c41-35-26-33(42(29-16-5-1-6-17-29)30-18-7-2-8-19-30)27-36-40(35)45-37-25-28-15-13-14-24-34(28)38(39(37)44-36)43(31-20-9-3-10-21-31)32-22-11-4-12-23-32/h1-27H. The largest absolute Gasteiger partial charge is 0.453 e. The maximum atomic E-state index is 7.11. The second kappa shape index (κ2) is 11.7. The minimum absolute atomic E-state index is 0.646. The third kappa shape index (κ3) is 5.08. The molecule has 0 aliphatic carbocycles. The Balaban J connectivity index is 1.33. The first kappa shape index (κ1) is 27.4. The minimum atomic E-state index is 0.646. The highest BCUT2D eigenvalue weighted by Crippen LogP contribution is 2.58. The monoisotopic (exact) mass is 618 g/mol. The number of halogens is 1. The zero-order valence-electron chi connectivity index (χ0n) is 24.2. The van der Waals surface area contributed by atoms with Crippen molar-refractivity contribution in [3.8, 4) is 11.5 Å². The van der Waals surface area contributed by atoms with Crippen molar-refractivity contribution in [2.24, 2.45) is 0 Å². The van der Waals surface area contributed by atoms with Crippen LogP contribution >= 0.6 is 23.4 Å². The van der Waals surface area contributed by atoms with E-state index in [9.17, 15) is 0 Å². The number of hydrogen-bond donors (Lipinski definition) is 0. The zero-order chi connectivity index (χ0) is 30.2. The van der Waals surface area contributed by atoms with Crippen LogP contribution in [0.4, 0.5) is 34.1 Å². The number of rotatable bonds is 6. The van der Waals surface area contributed by atoms with Crippen molar-refractivity contribution in [2.45, 2.75) is 9.79 Å². The Morgan fingerprint density at radius 1 is 0.489 bits per heavy atom. The van der Waals surface area contributed by atoms with Crippen LogP contribution in [0.1, 0.15) is 0 Å². The molecule has 0 atom stereocenters. The van der Waals surface area contributed by atoms with Crippen LogP contribution in [0.2, 0.25) is 5.02 Å². The second-order valence-electron chi connectivity index (χ2n) is 10.7. The van der Waals surface area contributed by atoms with Gasteiger partial charge in [0.1, 0.15) is 5.75 Å². The van der Waals surface area contributed by atoms with E-state index in [4.69, 9.17) is 16.3 Å². The van der Waals surface area contributed by atoms with Crippen LogP contribution in [-0.4, -0.2) is 0 Å². The van der Waals surface area contributed by atoms with Gasteiger partial charge < -0.3 is 14.5 Å². The van der Waals surface area contributed by atoms with Crippen molar-refractivity contribution in [1.29, 1.82) is 0 Å². The summed E-state index contributed by atoms with van der Waals surface area (Å²) in [5.74, 6) is 1.53. The van der Waals surface area contributed by atoms with Gasteiger partial charge in [-0.3, -0.25) is 0 Å². The predicted octanol–water partition coefficient (Wildman–Crippen LogP) is 12.7. The van der Waals surface area contributed by atoms with Crippen LogP contribution in [0.15, 0.2) is 174 Å². The maximum absolute atomic E-state index is 7.11. The third-order valence-electron chi connectivity index (χ3n) is 7.90. The summed E-state index contributed by atoms with van der Waals surface area (Å²) < 4.78 is 7.01. The lowest BCUT2D eigenvalue weighted by atomic mass is 10.0. The molecule has 0 unspecified atom stereocenters. The normalized spacial score (nSPS) is 11.8. The fourth-order valence-corrected chi connectivity index (χ4v) is 7.24. The average molecular weight is 619 g/mol. The molecule has 0 N–H and O–H groups in total. The van der Waals surface area contributed by atoms with E-state index in [0.717, 1.165) is 66.2 Å². The highest BCUT2D eigenvalue weighted by atomic mass is 35.5. The Bertz CT molecular complexity index is 2050. The van der Waals surface area contributed by atoms with Crippen molar-refractivity contribution >= 4 is 68.3 Å². The molecule has 0 fully saturated rings. The number of anilines is 6. The van der Waals surface area contributed by atoms with E-state index in [0.29, 0.717) is 5.02 Å². The van der Waals surface area contributed by atoms with E-state index in [1.165, 1.54) is 0 Å². The molecule has 0 amide bonds. The molecule has 3 nitrogen and oxygen atoms in total. The quantitative estimate of drug-likeness (QED) is 0.184. The summed E-state index contributed by atoms with van der Waals surface area (Å²) in [6.45, 7) is 0. The molecule has 1 aliphatic heterocycles. The van der Waals surface area contributed by atoms with E-state index in [1.54, 1.807) is 11.8 Å². The van der Waals surface area contributed by atoms with Crippen LogP contribution in [0.3, 0.4) is 0 Å². The molecule has 7 aromatic rings. The van der Waals surface area contributed by atoms with Gasteiger partial charge in [-0.1, -0.05) is 120 Å². The summed E-state index contributed by atoms with van der Waals surface area (Å²) in [5, 5.41) is 2.88. The van der Waals surface area contributed by atoms with Gasteiger partial charge in [-0.05, 0) is 66.0 Å². The van der Waals surface area contributed by atoms with Crippen molar-refractivity contribution in [1.82, 2.24) is 0 Å². The van der Waals surface area contributed by atoms with Gasteiger partial charge in [-0.25, -0.2) is 0 Å². The molecule has 1 heterocycles. The zero-order valence-corrected chi connectivity index (χ0v) is 25.7.